The molecule has 4 nitrogen and oxygen atoms in total. The zero-order chi connectivity index (χ0) is 14.6. The predicted octanol–water partition coefficient (Wildman–Crippen LogP) is 2.44. The molecule has 0 spiro atoms. The minimum Gasteiger partial charge on any atom is -0.330 e. The molecule has 1 aliphatic heterocycles. The van der Waals surface area contributed by atoms with Crippen molar-refractivity contribution in [3.05, 3.63) is 24.3 Å². The Balaban J connectivity index is 0.00000220. The normalized spacial score (nSPS) is 21.9. The van der Waals surface area contributed by atoms with Gasteiger partial charge >= 0.3 is 0 Å². The second-order valence-corrected chi connectivity index (χ2v) is 6.64. The van der Waals surface area contributed by atoms with E-state index in [1.54, 1.807) is 11.8 Å². The van der Waals surface area contributed by atoms with Crippen molar-refractivity contribution in [3.8, 4) is 0 Å². The molecule has 1 aromatic carbocycles. The molecular weight excluding hydrogens is 306 g/mol. The van der Waals surface area contributed by atoms with Gasteiger partial charge in [-0.1, -0.05) is 13.0 Å². The van der Waals surface area contributed by atoms with Gasteiger partial charge in [0.1, 0.15) is 0 Å². The van der Waals surface area contributed by atoms with Gasteiger partial charge in [-0.2, -0.15) is 0 Å². The molecular formula is C15H24ClN3OS. The van der Waals surface area contributed by atoms with Gasteiger partial charge in [0, 0.05) is 17.1 Å². The van der Waals surface area contributed by atoms with Crippen molar-refractivity contribution >= 4 is 35.8 Å². The van der Waals surface area contributed by atoms with E-state index < -0.39 is 0 Å². The van der Waals surface area contributed by atoms with Crippen LogP contribution in [0.2, 0.25) is 0 Å². The number of carbonyl (C=O) groups excluding carboxylic acids is 1. The van der Waals surface area contributed by atoms with E-state index in [0.29, 0.717) is 13.1 Å². The fraction of sp³-hybridized carbons (Fsp3) is 0.533. The van der Waals surface area contributed by atoms with E-state index in [1.165, 1.54) is 0 Å². The number of amides is 1. The Morgan fingerprint density at radius 3 is 2.90 bits per heavy atom. The van der Waals surface area contributed by atoms with Gasteiger partial charge in [0.15, 0.2) is 0 Å². The number of carbonyl (C=O) groups is 1. The quantitative estimate of drug-likeness (QED) is 0.815. The second kappa shape index (κ2) is 8.03. The summed E-state index contributed by atoms with van der Waals surface area (Å²) in [5, 5.41) is 2.96. The molecule has 0 bridgehead atoms. The highest BCUT2D eigenvalue weighted by Gasteiger charge is 2.33. The zero-order valence-electron chi connectivity index (χ0n) is 12.6. The molecule has 1 unspecified atom stereocenters. The Hall–Kier alpha value is -0.750. The molecule has 21 heavy (non-hydrogen) atoms. The van der Waals surface area contributed by atoms with Crippen LogP contribution in [0, 0.1) is 5.41 Å². The Kier molecular flexibility index (Phi) is 7.00. The maximum atomic E-state index is 12.1. The van der Waals surface area contributed by atoms with Crippen molar-refractivity contribution in [2.45, 2.75) is 18.2 Å². The van der Waals surface area contributed by atoms with Gasteiger partial charge in [0.2, 0.25) is 5.91 Å². The first-order chi connectivity index (χ1) is 9.54. The maximum absolute atomic E-state index is 12.1. The molecule has 1 atom stereocenters. The van der Waals surface area contributed by atoms with E-state index in [-0.39, 0.29) is 23.7 Å². The van der Waals surface area contributed by atoms with Crippen LogP contribution >= 0.6 is 24.2 Å². The van der Waals surface area contributed by atoms with E-state index in [9.17, 15) is 4.79 Å². The summed E-state index contributed by atoms with van der Waals surface area (Å²) in [5.74, 6) is 0.0459. The number of rotatable bonds is 5. The molecule has 0 radical (unpaired) electrons. The van der Waals surface area contributed by atoms with Crippen LogP contribution in [-0.2, 0) is 4.79 Å². The maximum Gasteiger partial charge on any atom is 0.238 e. The van der Waals surface area contributed by atoms with Crippen molar-refractivity contribution in [1.82, 2.24) is 4.90 Å². The number of benzene rings is 1. The van der Waals surface area contributed by atoms with Gasteiger partial charge in [0.25, 0.3) is 0 Å². The number of nitrogens with one attached hydrogen (secondary N) is 1. The van der Waals surface area contributed by atoms with Gasteiger partial charge in [-0.3, -0.25) is 9.69 Å². The molecule has 1 aliphatic rings. The molecule has 1 saturated heterocycles. The van der Waals surface area contributed by atoms with Gasteiger partial charge in [-0.25, -0.2) is 0 Å². The van der Waals surface area contributed by atoms with Crippen molar-refractivity contribution < 1.29 is 4.79 Å². The summed E-state index contributed by atoms with van der Waals surface area (Å²) in [7, 11) is 0. The number of halogens is 1. The van der Waals surface area contributed by atoms with Crippen LogP contribution in [0.3, 0.4) is 0 Å². The van der Waals surface area contributed by atoms with E-state index in [4.69, 9.17) is 5.73 Å². The van der Waals surface area contributed by atoms with E-state index in [1.807, 2.05) is 30.5 Å². The van der Waals surface area contributed by atoms with Crippen LogP contribution in [0.1, 0.15) is 13.3 Å². The molecule has 1 aromatic rings. The van der Waals surface area contributed by atoms with Crippen molar-refractivity contribution in [2.24, 2.45) is 11.1 Å². The third-order valence-electron chi connectivity index (χ3n) is 3.85. The average molecular weight is 330 g/mol. The molecule has 0 aliphatic carbocycles. The monoisotopic (exact) mass is 329 g/mol. The summed E-state index contributed by atoms with van der Waals surface area (Å²) in [6.45, 7) is 5.17. The molecule has 1 heterocycles. The highest BCUT2D eigenvalue weighted by atomic mass is 35.5. The van der Waals surface area contributed by atoms with Crippen molar-refractivity contribution in [2.75, 3.05) is 37.8 Å². The molecule has 118 valence electrons. The van der Waals surface area contributed by atoms with Crippen LogP contribution in [0.25, 0.3) is 0 Å². The fourth-order valence-corrected chi connectivity index (χ4v) is 2.99. The molecule has 0 aromatic heterocycles. The SMILES string of the molecule is CSc1cccc(NC(=O)CN2CCC(C)(CN)C2)c1.Cl. The summed E-state index contributed by atoms with van der Waals surface area (Å²) in [6.07, 6.45) is 3.09. The summed E-state index contributed by atoms with van der Waals surface area (Å²) < 4.78 is 0. The topological polar surface area (TPSA) is 58.4 Å². The Bertz CT molecular complexity index is 486. The molecule has 3 N–H and O–H groups in total. The van der Waals surface area contributed by atoms with Crippen LogP contribution in [0.4, 0.5) is 5.69 Å². The molecule has 6 heteroatoms. The lowest BCUT2D eigenvalue weighted by Gasteiger charge is -2.22. The summed E-state index contributed by atoms with van der Waals surface area (Å²) >= 11 is 1.67. The van der Waals surface area contributed by atoms with Gasteiger partial charge in [-0.15, -0.1) is 24.2 Å². The van der Waals surface area contributed by atoms with Crippen LogP contribution in [0.15, 0.2) is 29.2 Å². The van der Waals surface area contributed by atoms with E-state index in [2.05, 4.69) is 17.1 Å². The molecule has 1 amide bonds. The number of likely N-dealkylation sites (tertiary alicyclic amines) is 1. The summed E-state index contributed by atoms with van der Waals surface area (Å²) in [4.78, 5) is 15.4. The minimum absolute atomic E-state index is 0. The highest BCUT2D eigenvalue weighted by Crippen LogP contribution is 2.28. The summed E-state index contributed by atoms with van der Waals surface area (Å²) in [5.41, 5.74) is 6.82. The standard InChI is InChI=1S/C15H23N3OS.ClH/c1-15(10-16)6-7-18(11-15)9-14(19)17-12-4-3-5-13(8-12)20-2;/h3-5,8H,6-7,9-11,16H2,1-2H3,(H,17,19);1H. The zero-order valence-corrected chi connectivity index (χ0v) is 14.2. The lowest BCUT2D eigenvalue weighted by molar-refractivity contribution is -0.117. The number of thioether (sulfide) groups is 1. The van der Waals surface area contributed by atoms with Gasteiger partial charge in [0.05, 0.1) is 6.54 Å². The lowest BCUT2D eigenvalue weighted by Crippen LogP contribution is -2.35. The molecule has 2 rings (SSSR count). The smallest absolute Gasteiger partial charge is 0.238 e. The predicted molar refractivity (Wildman–Crippen MR) is 92.3 cm³/mol. The average Bonchev–Trinajstić information content (AvgIpc) is 2.81. The first-order valence-electron chi connectivity index (χ1n) is 6.91. The first kappa shape index (κ1) is 18.3. The number of nitrogens with two attached hydrogens (primary N) is 1. The third kappa shape index (κ3) is 5.18. The summed E-state index contributed by atoms with van der Waals surface area (Å²) in [6, 6.07) is 7.92. The lowest BCUT2D eigenvalue weighted by atomic mass is 9.90. The largest absolute Gasteiger partial charge is 0.330 e. The van der Waals surface area contributed by atoms with Gasteiger partial charge < -0.3 is 11.1 Å². The van der Waals surface area contributed by atoms with Gasteiger partial charge in [-0.05, 0) is 49.4 Å². The Morgan fingerprint density at radius 2 is 2.29 bits per heavy atom. The van der Waals surface area contributed by atoms with Crippen LogP contribution in [0.5, 0.6) is 0 Å². The second-order valence-electron chi connectivity index (χ2n) is 5.76. The fourth-order valence-electron chi connectivity index (χ4n) is 2.53. The first-order valence-corrected chi connectivity index (χ1v) is 8.13. The van der Waals surface area contributed by atoms with E-state index in [0.717, 1.165) is 30.1 Å². The third-order valence-corrected chi connectivity index (χ3v) is 4.58. The van der Waals surface area contributed by atoms with Crippen molar-refractivity contribution in [1.29, 1.82) is 0 Å². The Morgan fingerprint density at radius 1 is 1.52 bits per heavy atom. The number of anilines is 1. The minimum atomic E-state index is 0. The molecule has 1 fully saturated rings. The Labute approximate surface area is 137 Å². The number of hydrogen-bond acceptors (Lipinski definition) is 4. The highest BCUT2D eigenvalue weighted by molar-refractivity contribution is 7.98. The van der Waals surface area contributed by atoms with Crippen molar-refractivity contribution in [3.63, 3.8) is 0 Å². The van der Waals surface area contributed by atoms with Crippen LogP contribution in [-0.4, -0.2) is 43.2 Å². The number of hydrogen-bond donors (Lipinski definition) is 2. The van der Waals surface area contributed by atoms with Crippen LogP contribution < -0.4 is 11.1 Å². The van der Waals surface area contributed by atoms with E-state index >= 15 is 0 Å². The number of nitrogens with zero attached hydrogens (tertiary/aromatic N) is 1. The molecule has 0 saturated carbocycles.